The van der Waals surface area contributed by atoms with Crippen LogP contribution in [0.4, 0.5) is 8.78 Å². The lowest BCUT2D eigenvalue weighted by molar-refractivity contribution is 0.0710. The Morgan fingerprint density at radius 1 is 1.18 bits per heavy atom. The maximum absolute atomic E-state index is 14.7. The lowest BCUT2D eigenvalue weighted by Crippen LogP contribution is -2.31. The number of H-pyrrole nitrogens is 1. The Morgan fingerprint density at radius 3 is 2.79 bits per heavy atom. The molecular weight excluding hydrogens is 432 g/mol. The number of nitrogens with zero attached hydrogens (tertiary/aromatic N) is 4. The number of para-hydroxylation sites is 1. The van der Waals surface area contributed by atoms with Crippen LogP contribution in [0.3, 0.4) is 0 Å². The molecule has 1 fully saturated rings. The van der Waals surface area contributed by atoms with Gasteiger partial charge in [-0.2, -0.15) is 10.1 Å². The van der Waals surface area contributed by atoms with E-state index in [0.29, 0.717) is 30.6 Å². The fourth-order valence-corrected chi connectivity index (χ4v) is 4.16. The van der Waals surface area contributed by atoms with E-state index in [1.54, 1.807) is 23.1 Å². The number of benzene rings is 2. The number of halogens is 2. The molecule has 0 bridgehead atoms. The van der Waals surface area contributed by atoms with Crippen molar-refractivity contribution in [1.82, 2.24) is 25.2 Å². The Hall–Kier alpha value is -4.08. The van der Waals surface area contributed by atoms with Crippen LogP contribution < -0.4 is 4.74 Å². The van der Waals surface area contributed by atoms with Crippen molar-refractivity contribution >= 4 is 5.91 Å². The lowest BCUT2D eigenvalue weighted by atomic mass is 10.0. The van der Waals surface area contributed by atoms with Gasteiger partial charge in [0.15, 0.2) is 11.6 Å². The Bertz CT molecular complexity index is 1310. The number of aromatic nitrogens is 4. The van der Waals surface area contributed by atoms with Gasteiger partial charge in [-0.25, -0.2) is 8.78 Å². The Balaban J connectivity index is 1.48. The fraction of sp³-hybridized carbons (Fsp3) is 0.217. The number of aromatic amines is 1. The second-order valence-corrected chi connectivity index (χ2v) is 7.57. The third-order valence-electron chi connectivity index (χ3n) is 5.67. The molecule has 5 rings (SSSR count). The molecular formula is C23H19F2N5O3. The standard InChI is InChI=1S/C23H19F2N5O3/c1-32-20-14(6-3-8-16(20)25)21-27-22(33-29-21)18-9-4-12-30(18)23(31)13-5-2-7-15(24)19(13)17-10-11-26-28-17/h2-3,5-8,10-11,18H,4,9,12H2,1H3,(H,26,28)/t18-/m0/s1. The zero-order valence-corrected chi connectivity index (χ0v) is 17.6. The van der Waals surface area contributed by atoms with Crippen LogP contribution in [0.15, 0.2) is 53.2 Å². The van der Waals surface area contributed by atoms with Gasteiger partial charge in [-0.1, -0.05) is 17.3 Å². The second-order valence-electron chi connectivity index (χ2n) is 7.57. The molecule has 0 unspecified atom stereocenters. The molecule has 1 saturated heterocycles. The van der Waals surface area contributed by atoms with E-state index in [0.717, 1.165) is 0 Å². The van der Waals surface area contributed by atoms with Gasteiger partial charge in [0.1, 0.15) is 11.9 Å². The van der Waals surface area contributed by atoms with Gasteiger partial charge in [0.05, 0.1) is 23.9 Å². The number of carbonyl (C=O) groups is 1. The number of carbonyl (C=O) groups excluding carboxylic acids is 1. The minimum atomic E-state index is -0.545. The molecule has 0 saturated carbocycles. The third-order valence-corrected chi connectivity index (χ3v) is 5.67. The highest BCUT2D eigenvalue weighted by molar-refractivity contribution is 6.01. The van der Waals surface area contributed by atoms with Gasteiger partial charge in [0.25, 0.3) is 5.91 Å². The number of hydrogen-bond donors (Lipinski definition) is 1. The van der Waals surface area contributed by atoms with Crippen molar-refractivity contribution in [3.63, 3.8) is 0 Å². The Labute approximate surface area is 187 Å². The molecule has 2 aromatic carbocycles. The molecule has 2 aromatic heterocycles. The van der Waals surface area contributed by atoms with Crippen LogP contribution in [0, 0.1) is 11.6 Å². The highest BCUT2D eigenvalue weighted by atomic mass is 19.1. The SMILES string of the molecule is COc1c(F)cccc1-c1noc([C@@H]2CCCN2C(=O)c2cccc(F)c2-c2ccn[nH]2)n1. The van der Waals surface area contributed by atoms with E-state index in [1.807, 2.05) is 0 Å². The fourth-order valence-electron chi connectivity index (χ4n) is 4.16. The van der Waals surface area contributed by atoms with Crippen molar-refractivity contribution in [3.8, 4) is 28.4 Å². The first kappa shape index (κ1) is 20.8. The summed E-state index contributed by atoms with van der Waals surface area (Å²) >= 11 is 0. The molecule has 8 nitrogen and oxygen atoms in total. The van der Waals surface area contributed by atoms with E-state index in [2.05, 4.69) is 20.3 Å². The topological polar surface area (TPSA) is 97.1 Å². The van der Waals surface area contributed by atoms with Crippen LogP contribution in [0.1, 0.15) is 35.1 Å². The molecule has 1 aliphatic heterocycles. The summed E-state index contributed by atoms with van der Waals surface area (Å²) in [6.07, 6.45) is 2.81. The van der Waals surface area contributed by atoms with Crippen LogP contribution in [0.5, 0.6) is 5.75 Å². The largest absolute Gasteiger partial charge is 0.493 e. The van der Waals surface area contributed by atoms with E-state index in [9.17, 15) is 13.6 Å². The predicted molar refractivity (Wildman–Crippen MR) is 113 cm³/mol. The van der Waals surface area contributed by atoms with Crippen LogP contribution in [-0.4, -0.2) is 44.8 Å². The van der Waals surface area contributed by atoms with Crippen LogP contribution in [0.2, 0.25) is 0 Å². The Kier molecular flexibility index (Phi) is 5.33. The smallest absolute Gasteiger partial charge is 0.255 e. The summed E-state index contributed by atoms with van der Waals surface area (Å²) in [5.41, 5.74) is 1.11. The summed E-state index contributed by atoms with van der Waals surface area (Å²) in [6, 6.07) is 9.90. The van der Waals surface area contributed by atoms with Gasteiger partial charge < -0.3 is 14.2 Å². The molecule has 168 valence electrons. The van der Waals surface area contributed by atoms with Crippen LogP contribution in [0.25, 0.3) is 22.6 Å². The highest BCUT2D eigenvalue weighted by Gasteiger charge is 2.36. The number of amides is 1. The lowest BCUT2D eigenvalue weighted by Gasteiger charge is -2.23. The molecule has 3 heterocycles. The zero-order chi connectivity index (χ0) is 22.9. The van der Waals surface area contributed by atoms with Gasteiger partial charge in [0.2, 0.25) is 11.7 Å². The highest BCUT2D eigenvalue weighted by Crippen LogP contribution is 2.37. The molecule has 10 heteroatoms. The van der Waals surface area contributed by atoms with Crippen molar-refractivity contribution in [2.75, 3.05) is 13.7 Å². The number of ether oxygens (including phenoxy) is 1. The molecule has 0 radical (unpaired) electrons. The number of nitrogens with one attached hydrogen (secondary N) is 1. The summed E-state index contributed by atoms with van der Waals surface area (Å²) < 4.78 is 39.4. The second kappa shape index (κ2) is 8.45. The molecule has 1 atom stereocenters. The predicted octanol–water partition coefficient (Wildman–Crippen LogP) is 4.39. The maximum atomic E-state index is 14.7. The normalized spacial score (nSPS) is 15.7. The first-order chi connectivity index (χ1) is 16.1. The van der Waals surface area contributed by atoms with Crippen LogP contribution >= 0.6 is 0 Å². The zero-order valence-electron chi connectivity index (χ0n) is 17.6. The van der Waals surface area contributed by atoms with E-state index in [-0.39, 0.29) is 34.5 Å². The van der Waals surface area contributed by atoms with Crippen LogP contribution in [-0.2, 0) is 0 Å². The number of rotatable bonds is 5. The van der Waals surface area contributed by atoms with Crippen molar-refractivity contribution in [1.29, 1.82) is 0 Å². The van der Waals surface area contributed by atoms with Crippen molar-refractivity contribution < 1.29 is 22.8 Å². The van der Waals surface area contributed by atoms with E-state index in [4.69, 9.17) is 9.26 Å². The monoisotopic (exact) mass is 451 g/mol. The quantitative estimate of drug-likeness (QED) is 0.483. The number of likely N-dealkylation sites (tertiary alicyclic amines) is 1. The Morgan fingerprint density at radius 2 is 2.00 bits per heavy atom. The summed E-state index contributed by atoms with van der Waals surface area (Å²) in [7, 11) is 1.36. The summed E-state index contributed by atoms with van der Waals surface area (Å²) in [5.74, 6) is -1.04. The van der Waals surface area contributed by atoms with Gasteiger partial charge in [0, 0.05) is 18.3 Å². The molecule has 1 N–H and O–H groups in total. The maximum Gasteiger partial charge on any atom is 0.255 e. The minimum absolute atomic E-state index is 0.00756. The number of methoxy groups -OCH3 is 1. The van der Waals surface area contributed by atoms with E-state index in [1.165, 1.54) is 37.6 Å². The first-order valence-corrected chi connectivity index (χ1v) is 10.3. The van der Waals surface area contributed by atoms with Gasteiger partial charge >= 0.3 is 0 Å². The number of hydrogen-bond acceptors (Lipinski definition) is 6. The third kappa shape index (κ3) is 3.63. The average molecular weight is 451 g/mol. The van der Waals surface area contributed by atoms with Crippen molar-refractivity contribution in [3.05, 3.63) is 71.8 Å². The summed E-state index contributed by atoms with van der Waals surface area (Å²) in [4.78, 5) is 19.5. The van der Waals surface area contributed by atoms with Gasteiger partial charge in [-0.15, -0.1) is 0 Å². The van der Waals surface area contributed by atoms with Crippen molar-refractivity contribution in [2.45, 2.75) is 18.9 Å². The summed E-state index contributed by atoms with van der Waals surface area (Å²) in [5, 5.41) is 10.6. The van der Waals surface area contributed by atoms with Crippen molar-refractivity contribution in [2.24, 2.45) is 0 Å². The van der Waals surface area contributed by atoms with Gasteiger partial charge in [-0.3, -0.25) is 9.89 Å². The summed E-state index contributed by atoms with van der Waals surface area (Å²) in [6.45, 7) is 0.448. The molecule has 1 amide bonds. The van der Waals surface area contributed by atoms with Gasteiger partial charge in [-0.05, 0) is 43.2 Å². The average Bonchev–Trinajstić information content (AvgIpc) is 3.59. The van der Waals surface area contributed by atoms with E-state index >= 15 is 0 Å². The molecule has 0 spiro atoms. The molecule has 1 aliphatic rings. The minimum Gasteiger partial charge on any atom is -0.493 e. The first-order valence-electron chi connectivity index (χ1n) is 10.3. The molecule has 0 aliphatic carbocycles. The molecule has 33 heavy (non-hydrogen) atoms. The molecule has 4 aromatic rings. The van der Waals surface area contributed by atoms with E-state index < -0.39 is 17.7 Å².